The summed E-state index contributed by atoms with van der Waals surface area (Å²) in [6, 6.07) is 20.1. The van der Waals surface area contributed by atoms with Crippen molar-refractivity contribution in [3.63, 3.8) is 0 Å². The number of halogens is 2. The number of aromatic amines is 1. The molecule has 5 rings (SSSR count). The minimum absolute atomic E-state index is 0.115. The van der Waals surface area contributed by atoms with Crippen LogP contribution in [0.3, 0.4) is 0 Å². The van der Waals surface area contributed by atoms with Gasteiger partial charge in [-0.25, -0.2) is 13.4 Å². The van der Waals surface area contributed by atoms with Crippen LogP contribution in [0.5, 0.6) is 0 Å². The summed E-state index contributed by atoms with van der Waals surface area (Å²) in [7, 11) is -3.65. The molecule has 0 radical (unpaired) electrons. The van der Waals surface area contributed by atoms with Gasteiger partial charge in [0.25, 0.3) is 5.91 Å². The maximum atomic E-state index is 13.0. The van der Waals surface area contributed by atoms with E-state index < -0.39 is 15.7 Å². The standard InChI is InChI=1S/C26H18ClIN4O3S/c27-22-13-16(15-36(34,35)26-30-11-12-31-26)5-7-20(22)25(33)32-18-6-8-23(28)21(14-18)24-19-4-2-1-3-17(19)9-10-29-24/h1-14H,15H2,(H,30,31)(H,32,33). The maximum Gasteiger partial charge on any atom is 0.257 e. The van der Waals surface area contributed by atoms with Crippen LogP contribution in [-0.2, 0) is 15.6 Å². The van der Waals surface area contributed by atoms with Crippen molar-refractivity contribution in [2.45, 2.75) is 10.9 Å². The summed E-state index contributed by atoms with van der Waals surface area (Å²) >= 11 is 8.62. The lowest BCUT2D eigenvalue weighted by molar-refractivity contribution is 0.102. The molecule has 180 valence electrons. The van der Waals surface area contributed by atoms with E-state index in [9.17, 15) is 13.2 Å². The number of carbonyl (C=O) groups is 1. The second kappa shape index (κ2) is 10.00. The number of benzene rings is 3. The molecule has 36 heavy (non-hydrogen) atoms. The molecule has 2 heterocycles. The molecule has 0 saturated heterocycles. The van der Waals surface area contributed by atoms with E-state index in [1.54, 1.807) is 12.3 Å². The average Bonchev–Trinajstić information content (AvgIpc) is 3.41. The van der Waals surface area contributed by atoms with Crippen molar-refractivity contribution in [1.29, 1.82) is 0 Å². The lowest BCUT2D eigenvalue weighted by Crippen LogP contribution is -2.13. The van der Waals surface area contributed by atoms with E-state index in [0.717, 1.165) is 25.6 Å². The molecular weight excluding hydrogens is 611 g/mol. The molecule has 2 N–H and O–H groups in total. The van der Waals surface area contributed by atoms with Gasteiger partial charge in [0.2, 0.25) is 15.0 Å². The minimum Gasteiger partial charge on any atom is -0.336 e. The number of sulfone groups is 1. The summed E-state index contributed by atoms with van der Waals surface area (Å²) in [6.45, 7) is 0. The Morgan fingerprint density at radius 3 is 2.61 bits per heavy atom. The highest BCUT2D eigenvalue weighted by Gasteiger charge is 2.20. The smallest absolute Gasteiger partial charge is 0.257 e. The fraction of sp³-hybridized carbons (Fsp3) is 0.0385. The summed E-state index contributed by atoms with van der Waals surface area (Å²) in [5.41, 5.74) is 3.00. The van der Waals surface area contributed by atoms with E-state index >= 15 is 0 Å². The fourth-order valence-corrected chi connectivity index (χ4v) is 5.96. The van der Waals surface area contributed by atoms with Gasteiger partial charge in [-0.1, -0.05) is 41.9 Å². The third-order valence-corrected chi connectivity index (χ3v) is 8.33. The van der Waals surface area contributed by atoms with Crippen LogP contribution in [0.25, 0.3) is 22.0 Å². The minimum atomic E-state index is -3.65. The first-order valence-electron chi connectivity index (χ1n) is 10.8. The number of hydrogen-bond donors (Lipinski definition) is 2. The number of amides is 1. The Kier molecular flexibility index (Phi) is 6.78. The van der Waals surface area contributed by atoms with E-state index in [0.29, 0.717) is 11.3 Å². The molecule has 7 nitrogen and oxygen atoms in total. The topological polar surface area (TPSA) is 105 Å². The number of H-pyrrole nitrogens is 1. The number of hydrogen-bond acceptors (Lipinski definition) is 5. The molecule has 5 aromatic rings. The molecule has 0 fully saturated rings. The van der Waals surface area contributed by atoms with E-state index in [2.05, 4.69) is 42.9 Å². The van der Waals surface area contributed by atoms with Crippen LogP contribution in [0.2, 0.25) is 5.02 Å². The molecule has 0 unspecified atom stereocenters. The van der Waals surface area contributed by atoms with Crippen LogP contribution in [0.4, 0.5) is 5.69 Å². The third kappa shape index (κ3) is 4.99. The Morgan fingerprint density at radius 1 is 1.00 bits per heavy atom. The van der Waals surface area contributed by atoms with Gasteiger partial charge < -0.3 is 10.3 Å². The van der Waals surface area contributed by atoms with Crippen molar-refractivity contribution in [2.75, 3.05) is 5.32 Å². The Hall–Kier alpha value is -3.28. The number of anilines is 1. The van der Waals surface area contributed by atoms with Crippen molar-refractivity contribution in [1.82, 2.24) is 15.0 Å². The number of rotatable bonds is 6. The number of aromatic nitrogens is 3. The summed E-state index contributed by atoms with van der Waals surface area (Å²) in [4.78, 5) is 24.0. The molecule has 0 atom stereocenters. The monoisotopic (exact) mass is 628 g/mol. The number of imidazole rings is 1. The van der Waals surface area contributed by atoms with Gasteiger partial charge in [-0.05, 0) is 69.9 Å². The van der Waals surface area contributed by atoms with E-state index in [1.165, 1.54) is 24.5 Å². The molecule has 3 aromatic carbocycles. The average molecular weight is 629 g/mol. The van der Waals surface area contributed by atoms with Gasteiger partial charge in [0.1, 0.15) is 0 Å². The zero-order valence-electron chi connectivity index (χ0n) is 18.6. The van der Waals surface area contributed by atoms with Gasteiger partial charge in [-0.3, -0.25) is 9.78 Å². The first kappa shape index (κ1) is 24.4. The van der Waals surface area contributed by atoms with Crippen molar-refractivity contribution < 1.29 is 13.2 Å². The van der Waals surface area contributed by atoms with Gasteiger partial charge in [-0.2, -0.15) is 0 Å². The van der Waals surface area contributed by atoms with Crippen LogP contribution >= 0.6 is 34.2 Å². The van der Waals surface area contributed by atoms with Gasteiger partial charge in [-0.15, -0.1) is 0 Å². The SMILES string of the molecule is O=C(Nc1ccc(I)c(-c2nccc3ccccc23)c1)c1ccc(CS(=O)(=O)c2ncc[nH]2)cc1Cl. The first-order valence-corrected chi connectivity index (χ1v) is 13.9. The number of nitrogens with zero attached hydrogens (tertiary/aromatic N) is 2. The second-order valence-corrected chi connectivity index (χ2v) is 11.5. The van der Waals surface area contributed by atoms with E-state index in [4.69, 9.17) is 11.6 Å². The van der Waals surface area contributed by atoms with Crippen LogP contribution < -0.4 is 5.32 Å². The summed E-state index contributed by atoms with van der Waals surface area (Å²) in [6.07, 6.45) is 4.59. The highest BCUT2D eigenvalue weighted by atomic mass is 127. The van der Waals surface area contributed by atoms with Gasteiger partial charge in [0, 0.05) is 38.8 Å². The van der Waals surface area contributed by atoms with Gasteiger partial charge in [0.15, 0.2) is 0 Å². The molecule has 0 aliphatic rings. The lowest BCUT2D eigenvalue weighted by atomic mass is 10.0. The normalized spacial score (nSPS) is 11.5. The lowest BCUT2D eigenvalue weighted by Gasteiger charge is -2.12. The Labute approximate surface area is 226 Å². The molecule has 0 aliphatic heterocycles. The highest BCUT2D eigenvalue weighted by molar-refractivity contribution is 14.1. The number of nitrogens with one attached hydrogen (secondary N) is 2. The van der Waals surface area contributed by atoms with E-state index in [-0.39, 0.29) is 21.5 Å². The van der Waals surface area contributed by atoms with Gasteiger partial charge in [0.05, 0.1) is 22.0 Å². The largest absolute Gasteiger partial charge is 0.336 e. The molecule has 0 bridgehead atoms. The fourth-order valence-electron chi connectivity index (χ4n) is 3.86. The van der Waals surface area contributed by atoms with E-state index in [1.807, 2.05) is 48.5 Å². The third-order valence-electron chi connectivity index (χ3n) is 5.56. The summed E-state index contributed by atoms with van der Waals surface area (Å²) in [5, 5.41) is 5.02. The highest BCUT2D eigenvalue weighted by Crippen LogP contribution is 2.32. The van der Waals surface area contributed by atoms with Crippen LogP contribution in [-0.4, -0.2) is 29.3 Å². The maximum absolute atomic E-state index is 13.0. The predicted molar refractivity (Wildman–Crippen MR) is 149 cm³/mol. The zero-order chi connectivity index (χ0) is 25.3. The van der Waals surface area contributed by atoms with Crippen molar-refractivity contribution in [2.24, 2.45) is 0 Å². The van der Waals surface area contributed by atoms with Crippen LogP contribution in [0.1, 0.15) is 15.9 Å². The van der Waals surface area contributed by atoms with Gasteiger partial charge >= 0.3 is 0 Å². The number of pyridine rings is 1. The molecule has 0 saturated carbocycles. The quantitative estimate of drug-likeness (QED) is 0.221. The predicted octanol–water partition coefficient (Wildman–Crippen LogP) is 6.11. The Morgan fingerprint density at radius 2 is 1.83 bits per heavy atom. The number of carbonyl (C=O) groups excluding carboxylic acids is 1. The van der Waals surface area contributed by atoms with Crippen molar-refractivity contribution >= 4 is 66.4 Å². The van der Waals surface area contributed by atoms with Crippen molar-refractivity contribution in [3.8, 4) is 11.3 Å². The Bertz CT molecular complexity index is 1700. The van der Waals surface area contributed by atoms with Crippen LogP contribution in [0, 0.1) is 3.57 Å². The molecule has 0 spiro atoms. The first-order chi connectivity index (χ1) is 17.3. The molecule has 0 aliphatic carbocycles. The Balaban J connectivity index is 1.39. The summed E-state index contributed by atoms with van der Waals surface area (Å²) in [5.74, 6) is -0.695. The molecule has 2 aromatic heterocycles. The number of fused-ring (bicyclic) bond motifs is 1. The van der Waals surface area contributed by atoms with Crippen LogP contribution in [0.15, 0.2) is 90.5 Å². The second-order valence-electron chi connectivity index (χ2n) is 8.00. The zero-order valence-corrected chi connectivity index (χ0v) is 22.3. The molecule has 10 heteroatoms. The molecular formula is C26H18ClIN4O3S. The van der Waals surface area contributed by atoms with Crippen molar-refractivity contribution in [3.05, 3.63) is 105 Å². The summed E-state index contributed by atoms with van der Waals surface area (Å²) < 4.78 is 25.9. The molecule has 1 amide bonds.